The van der Waals surface area contributed by atoms with E-state index in [0.29, 0.717) is 119 Å². The van der Waals surface area contributed by atoms with Crippen molar-refractivity contribution in [3.8, 4) is 12.0 Å². The molecule has 6 aliphatic rings. The number of halogens is 2. The fourth-order valence-electron chi connectivity index (χ4n) is 13.8. The molecule has 4 saturated heterocycles. The van der Waals surface area contributed by atoms with Crippen LogP contribution in [0, 0.1) is 13.1 Å². The van der Waals surface area contributed by atoms with Crippen LogP contribution in [0.15, 0.2) is 127 Å². The summed E-state index contributed by atoms with van der Waals surface area (Å²) in [5, 5.41) is 20.7. The molecular weight excluding hydrogens is 1450 g/mol. The quantitative estimate of drug-likeness (QED) is 0.0329. The van der Waals surface area contributed by atoms with Crippen LogP contribution < -0.4 is 19.3 Å². The number of likely N-dealkylation sites (N-methyl/N-ethyl adjacent to an activating group) is 2. The summed E-state index contributed by atoms with van der Waals surface area (Å²) in [6, 6.07) is 34.3. The molecule has 110 heavy (non-hydrogen) atoms. The number of likely N-dealkylation sites (tertiary alicyclic amines) is 2. The number of allylic oxidation sites excluding steroid dienone is 2. The van der Waals surface area contributed by atoms with Crippen LogP contribution in [-0.2, 0) is 80.4 Å². The van der Waals surface area contributed by atoms with Crippen LogP contribution in [0.4, 0.5) is 16.4 Å². The molecule has 0 bridgehead atoms. The van der Waals surface area contributed by atoms with E-state index in [1.807, 2.05) is 78.9 Å². The fraction of sp³-hybridized carbons (Fsp3) is 0.407. The zero-order valence-electron chi connectivity index (χ0n) is 62.3. The molecule has 0 spiro atoms. The van der Waals surface area contributed by atoms with E-state index in [1.165, 1.54) is 39.8 Å². The second-order valence-corrected chi connectivity index (χ2v) is 28.1. The number of hydrogen-bond acceptors (Lipinski definition) is 21. The maximum absolute atomic E-state index is 13.2. The Kier molecular flexibility index (Phi) is 30.7. The molecule has 6 aliphatic heterocycles. The number of amides is 2. The number of fused-ring (bicyclic) bond motifs is 4. The van der Waals surface area contributed by atoms with Gasteiger partial charge in [0.05, 0.1) is 36.8 Å². The van der Waals surface area contributed by atoms with Crippen LogP contribution in [0.3, 0.4) is 0 Å². The van der Waals surface area contributed by atoms with Gasteiger partial charge in [-0.2, -0.15) is 19.9 Å². The first-order chi connectivity index (χ1) is 52.9. The van der Waals surface area contributed by atoms with E-state index >= 15 is 0 Å². The number of rotatable bonds is 19. The molecule has 2 N–H and O–H groups in total. The number of carboxylic acid groups (broad SMARTS) is 2. The highest BCUT2D eigenvalue weighted by Crippen LogP contribution is 2.42. The van der Waals surface area contributed by atoms with Crippen molar-refractivity contribution in [3.63, 3.8) is 0 Å². The number of piperazine rings is 2. The van der Waals surface area contributed by atoms with Crippen LogP contribution >= 0.6 is 23.2 Å². The number of aromatic nitrogens is 4. The van der Waals surface area contributed by atoms with Gasteiger partial charge in [-0.1, -0.05) is 114 Å². The van der Waals surface area contributed by atoms with E-state index < -0.39 is 18.0 Å². The average molecular weight is 1540 g/mol. The maximum atomic E-state index is 13.2. The summed E-state index contributed by atoms with van der Waals surface area (Å²) in [6.07, 6.45) is 8.78. The average Bonchev–Trinajstić information content (AvgIpc) is 0.828. The Hall–Kier alpha value is -10.8. The van der Waals surface area contributed by atoms with E-state index in [0.717, 1.165) is 117 Å². The Morgan fingerprint density at radius 1 is 0.555 bits per heavy atom. The summed E-state index contributed by atoms with van der Waals surface area (Å²) in [5.41, 5.74) is 6.49. The highest BCUT2D eigenvalue weighted by molar-refractivity contribution is 6.36. The number of ketones is 3. The third kappa shape index (κ3) is 22.9. The lowest BCUT2D eigenvalue weighted by Gasteiger charge is -2.40. The smallest absolute Gasteiger partial charge is 0.410 e. The van der Waals surface area contributed by atoms with E-state index in [-0.39, 0.29) is 73.5 Å². The normalized spacial score (nSPS) is 19.5. The molecule has 2 aromatic heterocycles. The lowest BCUT2D eigenvalue weighted by atomic mass is 9.94. The number of carboxylic acids is 2. The SMILES string of the molecule is CC(=O)/C=C/C(=O)O.CC(C)=O.O=CC(=O)O.[C-]#[N+]C[C@H]1CN(c2nc(OC[C@@H]3CCCN3C)nc3c2CO[C@H](c2cccc4cccc(Cl)c24)C3)CCN1C(=O)/C=C/C(C)=O.[C-]#[N+]C[C@H]1CN(c2nc(OC[C@@H]3CCCN3C)nc3c2CO[C@H](c2cccc4cccc(Cl)c24)C3)CCN1C(=O)OCc1ccccc1. The van der Waals surface area contributed by atoms with Crippen molar-refractivity contribution in [3.05, 3.63) is 200 Å². The topological polar surface area (TPSA) is 303 Å². The first-order valence-electron chi connectivity index (χ1n) is 36.2. The summed E-state index contributed by atoms with van der Waals surface area (Å²) in [4.78, 5) is 124. The highest BCUT2D eigenvalue weighted by atomic mass is 35.5. The Balaban J connectivity index is 0.000000209. The summed E-state index contributed by atoms with van der Waals surface area (Å²) in [6.45, 7) is 27.8. The van der Waals surface area contributed by atoms with Crippen molar-refractivity contribution < 1.29 is 72.3 Å². The summed E-state index contributed by atoms with van der Waals surface area (Å²) in [5.74, 6) is -1.64. The van der Waals surface area contributed by atoms with Crippen molar-refractivity contribution >= 4 is 104 Å². The summed E-state index contributed by atoms with van der Waals surface area (Å²) >= 11 is 13.4. The number of aliphatic carboxylic acids is 2. The number of carbonyl (C=O) groups excluding carboxylic acids is 6. The Morgan fingerprint density at radius 3 is 1.40 bits per heavy atom. The van der Waals surface area contributed by atoms with E-state index in [1.54, 1.807) is 9.80 Å². The van der Waals surface area contributed by atoms with Gasteiger partial charge in [0.25, 0.3) is 0 Å². The van der Waals surface area contributed by atoms with E-state index in [2.05, 4.69) is 67.7 Å². The van der Waals surface area contributed by atoms with Gasteiger partial charge in [0, 0.05) is 108 Å². The van der Waals surface area contributed by atoms with Crippen molar-refractivity contribution in [2.24, 2.45) is 0 Å². The monoisotopic (exact) mass is 1540 g/mol. The standard InChI is InChI=1S/C37H39ClN6O4.C34H37ClN6O4.C5H6O3.C3H6O.C2H2O3/c1-39-20-28-21-43(17-18-44(28)37(45)48-22-25-9-4-3-5-10-25)35-30-24-46-33(29-14-6-11-26-12-7-15-31(38)34(26)29)19-32(30)40-36(41-35)47-23-27-13-8-16-42(27)2;1-22(42)12-13-31(43)41-16-15-40(19-25(41)18-36-2)33-27-21-44-30(26-10-4-7-23-8-5-11-28(35)32(23)26)17-29(27)37-34(38-33)45-20-24-9-6-14-39(24)3;1-4(6)2-3-5(7)8;1-3(2)4;3-1-2(4)5/h3-7,9-12,14-15,27-28,33H,8,13,16-24H2,2H3;4-5,7-8,10-13,24-25,30H,6,9,14-21H2,1,3H3;2-3H,1H3,(H,7,8);1-2H3;1H,(H,4,5)/b;13-12+;3-2+;;/t27-,28-,33-;24-,25-,30-;;;/m00.../s1. The predicted molar refractivity (Wildman–Crippen MR) is 414 cm³/mol. The van der Waals surface area contributed by atoms with Crippen LogP contribution in [0.1, 0.15) is 105 Å². The molecule has 7 aromatic rings. The third-order valence-corrected chi connectivity index (χ3v) is 19.9. The molecule has 4 fully saturated rings. The number of nitrogens with zero attached hydrogens (tertiary/aromatic N) is 12. The van der Waals surface area contributed by atoms with E-state index in [9.17, 15) is 28.8 Å². The zero-order valence-corrected chi connectivity index (χ0v) is 63.9. The number of Topliss-reactive ketones (excluding diaryl/α,β-unsaturated/α-hetero) is 1. The number of aldehydes is 1. The predicted octanol–water partition coefficient (Wildman–Crippen LogP) is 11.1. The number of ether oxygens (including phenoxy) is 5. The molecule has 0 saturated carbocycles. The molecule has 13 rings (SSSR count). The maximum Gasteiger partial charge on any atom is 0.410 e. The van der Waals surface area contributed by atoms with Gasteiger partial charge in [0.2, 0.25) is 25.3 Å². The largest absolute Gasteiger partial charge is 0.478 e. The van der Waals surface area contributed by atoms with Gasteiger partial charge in [-0.25, -0.2) is 27.5 Å². The summed E-state index contributed by atoms with van der Waals surface area (Å²) < 4.78 is 31.3. The lowest BCUT2D eigenvalue weighted by Crippen LogP contribution is -2.57. The van der Waals surface area contributed by atoms with Gasteiger partial charge >= 0.3 is 30.1 Å². The molecule has 0 radical (unpaired) electrons. The molecule has 5 aromatic carbocycles. The van der Waals surface area contributed by atoms with Crippen molar-refractivity contribution in [2.75, 3.05) is 103 Å². The van der Waals surface area contributed by atoms with Crippen molar-refractivity contribution in [2.45, 2.75) is 122 Å². The molecule has 8 heterocycles. The molecule has 0 aliphatic carbocycles. The Labute approximate surface area is 648 Å². The molecule has 6 atom stereocenters. The second-order valence-electron chi connectivity index (χ2n) is 27.3. The Morgan fingerprint density at radius 2 is 0.991 bits per heavy atom. The first-order valence-corrected chi connectivity index (χ1v) is 36.9. The van der Waals surface area contributed by atoms with Crippen molar-refractivity contribution in [1.82, 2.24) is 39.5 Å². The lowest BCUT2D eigenvalue weighted by molar-refractivity contribution is -0.143. The minimum absolute atomic E-state index is 0.140. The fourth-order valence-corrected chi connectivity index (χ4v) is 14.4. The van der Waals surface area contributed by atoms with Crippen LogP contribution in [0.25, 0.3) is 31.2 Å². The molecule has 578 valence electrons. The molecule has 2 amide bonds. The van der Waals surface area contributed by atoms with Gasteiger partial charge in [-0.15, -0.1) is 0 Å². The number of benzene rings is 5. The second kappa shape index (κ2) is 40.6. The van der Waals surface area contributed by atoms with Gasteiger partial charge in [0.1, 0.15) is 49.3 Å². The van der Waals surface area contributed by atoms with E-state index in [4.69, 9.17) is 99.8 Å². The summed E-state index contributed by atoms with van der Waals surface area (Å²) in [7, 11) is 4.24. The minimum atomic E-state index is -1.43. The van der Waals surface area contributed by atoms with Gasteiger partial charge in [-0.3, -0.25) is 24.1 Å². The van der Waals surface area contributed by atoms with Gasteiger partial charge in [0.15, 0.2) is 11.6 Å². The van der Waals surface area contributed by atoms with Gasteiger partial charge in [-0.05, 0) is 132 Å². The highest BCUT2D eigenvalue weighted by Gasteiger charge is 2.39. The molecule has 0 unspecified atom stereocenters. The minimum Gasteiger partial charge on any atom is -0.478 e. The van der Waals surface area contributed by atoms with Gasteiger partial charge < -0.3 is 72.9 Å². The zero-order chi connectivity index (χ0) is 79.0. The number of hydrogen-bond donors (Lipinski definition) is 2. The Bertz CT molecular complexity index is 4580. The molecule has 27 nitrogen and oxygen atoms in total. The van der Waals surface area contributed by atoms with Crippen molar-refractivity contribution in [1.29, 1.82) is 0 Å². The number of carbonyl (C=O) groups is 8. The first kappa shape index (κ1) is 83.3. The van der Waals surface area contributed by atoms with Crippen LogP contribution in [-0.4, -0.2) is 214 Å². The molecular formula is C81H90Cl2N12O15. The number of anilines is 2. The third-order valence-electron chi connectivity index (χ3n) is 19.2. The van der Waals surface area contributed by atoms with Crippen LogP contribution in [0.2, 0.25) is 10.0 Å². The molecule has 29 heteroatoms. The van der Waals surface area contributed by atoms with Crippen LogP contribution in [0.5, 0.6) is 12.0 Å².